The molecule has 0 N–H and O–H groups in total. The molecule has 1 rings (SSSR count). The molecule has 0 radical (unpaired) electrons. The highest BCUT2D eigenvalue weighted by molar-refractivity contribution is 6.10. The topological polar surface area (TPSA) is 96.0 Å². The van der Waals surface area contributed by atoms with Crippen LogP contribution in [-0.2, 0) is 33.4 Å². The van der Waals surface area contributed by atoms with Gasteiger partial charge in [0.15, 0.2) is 11.7 Å². The van der Waals surface area contributed by atoms with Crippen LogP contribution >= 0.6 is 0 Å². The lowest BCUT2D eigenvalue weighted by Crippen LogP contribution is -2.41. The maximum absolute atomic E-state index is 12.3. The summed E-state index contributed by atoms with van der Waals surface area (Å²) in [4.78, 5) is 48.9. The zero-order valence-corrected chi connectivity index (χ0v) is 14.1. The van der Waals surface area contributed by atoms with E-state index in [1.807, 2.05) is 0 Å². The molecule has 0 aromatic heterocycles. The van der Waals surface area contributed by atoms with Crippen molar-refractivity contribution in [2.75, 3.05) is 19.8 Å². The summed E-state index contributed by atoms with van der Waals surface area (Å²) in [6, 6.07) is 0. The van der Waals surface area contributed by atoms with Crippen molar-refractivity contribution in [3.05, 3.63) is 24.3 Å². The maximum Gasteiger partial charge on any atom is 0.320 e. The number of carbonyl (C=O) groups excluding carboxylic acids is 4. The molecule has 1 aliphatic rings. The summed E-state index contributed by atoms with van der Waals surface area (Å²) in [6.07, 6.45) is 2.61. The Morgan fingerprint density at radius 1 is 1.17 bits per heavy atom. The number of ether oxygens (including phenoxy) is 3. The second kappa shape index (κ2) is 9.00. The second-order valence-corrected chi connectivity index (χ2v) is 5.19. The van der Waals surface area contributed by atoms with Gasteiger partial charge >= 0.3 is 17.9 Å². The largest absolute Gasteiger partial charge is 0.465 e. The van der Waals surface area contributed by atoms with E-state index in [0.29, 0.717) is 5.57 Å². The van der Waals surface area contributed by atoms with Gasteiger partial charge in [-0.1, -0.05) is 18.2 Å². The van der Waals surface area contributed by atoms with E-state index in [2.05, 4.69) is 6.58 Å². The highest BCUT2D eigenvalue weighted by atomic mass is 16.6. The first-order chi connectivity index (χ1) is 11.4. The minimum absolute atomic E-state index is 0.0593. The van der Waals surface area contributed by atoms with Crippen molar-refractivity contribution in [1.29, 1.82) is 0 Å². The molecule has 1 aliphatic carbocycles. The second-order valence-electron chi connectivity index (χ2n) is 5.19. The van der Waals surface area contributed by atoms with Crippen LogP contribution in [-0.4, -0.2) is 43.5 Å². The zero-order chi connectivity index (χ0) is 18.3. The monoisotopic (exact) mass is 338 g/mol. The van der Waals surface area contributed by atoms with Gasteiger partial charge in [0, 0.05) is 5.92 Å². The van der Waals surface area contributed by atoms with Crippen molar-refractivity contribution in [3.8, 4) is 0 Å². The van der Waals surface area contributed by atoms with Crippen LogP contribution in [0.4, 0.5) is 0 Å². The summed E-state index contributed by atoms with van der Waals surface area (Å²) < 4.78 is 14.8. The Morgan fingerprint density at radius 2 is 1.71 bits per heavy atom. The van der Waals surface area contributed by atoms with Crippen LogP contribution in [0.3, 0.4) is 0 Å². The van der Waals surface area contributed by atoms with Crippen LogP contribution in [0.5, 0.6) is 0 Å². The minimum Gasteiger partial charge on any atom is -0.465 e. The van der Waals surface area contributed by atoms with Gasteiger partial charge in [0.25, 0.3) is 0 Å². The number of hydrogen-bond donors (Lipinski definition) is 0. The minimum atomic E-state index is -1.39. The summed E-state index contributed by atoms with van der Waals surface area (Å²) in [5, 5.41) is 0. The number of allylic oxidation sites excluding steroid dienone is 2. The average molecular weight is 338 g/mol. The van der Waals surface area contributed by atoms with Crippen LogP contribution in [0.15, 0.2) is 24.3 Å². The molecule has 0 bridgehead atoms. The van der Waals surface area contributed by atoms with Crippen molar-refractivity contribution < 1.29 is 33.4 Å². The van der Waals surface area contributed by atoms with Gasteiger partial charge < -0.3 is 14.2 Å². The van der Waals surface area contributed by atoms with Gasteiger partial charge in [-0.3, -0.25) is 19.2 Å². The Labute approximate surface area is 140 Å². The molecule has 0 spiro atoms. The SMILES string of the molecule is C=CCOC(=O)[C@H]1C(=O)C=C(C)[C@@H]1C(C(=O)OCC)C(=O)OCC. The van der Waals surface area contributed by atoms with Crippen LogP contribution < -0.4 is 0 Å². The van der Waals surface area contributed by atoms with Gasteiger partial charge in [-0.15, -0.1) is 0 Å². The first kappa shape index (κ1) is 19.6. The Bertz CT molecular complexity index is 543. The van der Waals surface area contributed by atoms with E-state index in [0.717, 1.165) is 0 Å². The van der Waals surface area contributed by atoms with E-state index < -0.39 is 41.4 Å². The number of hydrogen-bond acceptors (Lipinski definition) is 7. The molecule has 7 nitrogen and oxygen atoms in total. The standard InChI is InChI=1S/C17H22O7/c1-5-8-24-15(19)13-11(18)9-10(4)12(13)14(16(20)22-6-2)17(21)23-7-3/h5,9,12-14H,1,6-8H2,2-4H3/t12-,13-/m0/s1. The van der Waals surface area contributed by atoms with Crippen molar-refractivity contribution in [1.82, 2.24) is 0 Å². The predicted octanol–water partition coefficient (Wildman–Crippen LogP) is 1.22. The van der Waals surface area contributed by atoms with Crippen molar-refractivity contribution in [2.24, 2.45) is 17.8 Å². The fraction of sp³-hybridized carbons (Fsp3) is 0.529. The molecule has 0 saturated carbocycles. The van der Waals surface area contributed by atoms with Crippen molar-refractivity contribution in [3.63, 3.8) is 0 Å². The molecular weight excluding hydrogens is 316 g/mol. The lowest BCUT2D eigenvalue weighted by molar-refractivity contribution is -0.166. The molecule has 0 aliphatic heterocycles. The van der Waals surface area contributed by atoms with E-state index in [1.165, 1.54) is 12.2 Å². The Balaban J connectivity index is 3.19. The summed E-state index contributed by atoms with van der Waals surface area (Å²) >= 11 is 0. The van der Waals surface area contributed by atoms with Gasteiger partial charge in [-0.2, -0.15) is 0 Å². The molecule has 0 aromatic rings. The van der Waals surface area contributed by atoms with Gasteiger partial charge in [0.05, 0.1) is 13.2 Å². The van der Waals surface area contributed by atoms with Gasteiger partial charge in [-0.25, -0.2) is 0 Å². The molecule has 0 heterocycles. The lowest BCUT2D eigenvalue weighted by Gasteiger charge is -2.25. The normalized spacial score (nSPS) is 19.7. The molecular formula is C17H22O7. The number of ketones is 1. The molecule has 132 valence electrons. The maximum atomic E-state index is 12.3. The Kier molecular flexibility index (Phi) is 7.35. The zero-order valence-electron chi connectivity index (χ0n) is 14.1. The van der Waals surface area contributed by atoms with E-state index in [-0.39, 0.29) is 19.8 Å². The van der Waals surface area contributed by atoms with Crippen LogP contribution in [0, 0.1) is 17.8 Å². The fourth-order valence-electron chi connectivity index (χ4n) is 2.65. The van der Waals surface area contributed by atoms with E-state index >= 15 is 0 Å². The quantitative estimate of drug-likeness (QED) is 0.284. The van der Waals surface area contributed by atoms with E-state index in [4.69, 9.17) is 14.2 Å². The third-order valence-electron chi connectivity index (χ3n) is 3.60. The third-order valence-corrected chi connectivity index (χ3v) is 3.60. The van der Waals surface area contributed by atoms with Gasteiger partial charge in [-0.05, 0) is 26.8 Å². The number of carbonyl (C=O) groups is 4. The summed E-state index contributed by atoms with van der Waals surface area (Å²) in [6.45, 7) is 8.25. The Hall–Kier alpha value is -2.44. The predicted molar refractivity (Wildman–Crippen MR) is 83.7 cm³/mol. The smallest absolute Gasteiger partial charge is 0.320 e. The molecule has 0 unspecified atom stereocenters. The fourth-order valence-corrected chi connectivity index (χ4v) is 2.65. The first-order valence-corrected chi connectivity index (χ1v) is 7.71. The first-order valence-electron chi connectivity index (χ1n) is 7.71. The molecule has 0 aromatic carbocycles. The molecule has 0 fully saturated rings. The summed E-state index contributed by atoms with van der Waals surface area (Å²) in [7, 11) is 0. The van der Waals surface area contributed by atoms with Gasteiger partial charge in [0.2, 0.25) is 0 Å². The van der Waals surface area contributed by atoms with E-state index in [9.17, 15) is 19.2 Å². The third kappa shape index (κ3) is 4.31. The molecule has 0 saturated heterocycles. The van der Waals surface area contributed by atoms with Crippen LogP contribution in [0.1, 0.15) is 20.8 Å². The Morgan fingerprint density at radius 3 is 2.17 bits per heavy atom. The highest BCUT2D eigenvalue weighted by Gasteiger charge is 2.51. The summed E-state index contributed by atoms with van der Waals surface area (Å²) in [5.41, 5.74) is 0.437. The lowest BCUT2D eigenvalue weighted by atomic mass is 9.80. The highest BCUT2D eigenvalue weighted by Crippen LogP contribution is 2.37. The van der Waals surface area contributed by atoms with Crippen LogP contribution in [0.2, 0.25) is 0 Å². The van der Waals surface area contributed by atoms with Gasteiger partial charge in [0.1, 0.15) is 12.5 Å². The van der Waals surface area contributed by atoms with Crippen LogP contribution in [0.25, 0.3) is 0 Å². The van der Waals surface area contributed by atoms with E-state index in [1.54, 1.807) is 20.8 Å². The molecule has 2 atom stereocenters. The summed E-state index contributed by atoms with van der Waals surface area (Å²) in [5.74, 6) is -6.62. The van der Waals surface area contributed by atoms with Crippen molar-refractivity contribution in [2.45, 2.75) is 20.8 Å². The molecule has 24 heavy (non-hydrogen) atoms. The number of rotatable bonds is 8. The molecule has 7 heteroatoms. The average Bonchev–Trinajstić information content (AvgIpc) is 2.80. The molecule has 0 amide bonds. The van der Waals surface area contributed by atoms with Crippen molar-refractivity contribution >= 4 is 23.7 Å². The number of esters is 3.